The van der Waals surface area contributed by atoms with Crippen LogP contribution >= 0.6 is 11.8 Å². The first-order valence-electron chi connectivity index (χ1n) is 7.06. The first-order valence-corrected chi connectivity index (χ1v) is 8.28. The van der Waals surface area contributed by atoms with Gasteiger partial charge in [0.25, 0.3) is 0 Å². The highest BCUT2D eigenvalue weighted by molar-refractivity contribution is 7.98. The summed E-state index contributed by atoms with van der Waals surface area (Å²) < 4.78 is 0. The lowest BCUT2D eigenvalue weighted by atomic mass is 9.99. The minimum atomic E-state index is 0.390. The van der Waals surface area contributed by atoms with Crippen molar-refractivity contribution in [2.45, 2.75) is 23.9 Å². The molecule has 1 aliphatic heterocycles. The zero-order chi connectivity index (χ0) is 13.8. The zero-order valence-corrected chi connectivity index (χ0v) is 12.5. The maximum atomic E-state index is 3.68. The summed E-state index contributed by atoms with van der Waals surface area (Å²) in [5, 5.41) is 7.17. The Hall–Kier alpha value is -1.45. The molecule has 20 heavy (non-hydrogen) atoms. The number of benzene rings is 2. The minimum Gasteiger partial charge on any atom is -0.378 e. The van der Waals surface area contributed by atoms with Crippen LogP contribution in [0.1, 0.15) is 23.6 Å². The molecule has 3 heteroatoms. The van der Waals surface area contributed by atoms with Gasteiger partial charge in [-0.15, -0.1) is 11.8 Å². The smallest absolute Gasteiger partial charge is 0.0529 e. The third kappa shape index (κ3) is 3.00. The molecule has 1 atom stereocenters. The van der Waals surface area contributed by atoms with Gasteiger partial charge in [0.05, 0.1) is 6.04 Å². The Bertz CT molecular complexity index is 565. The quantitative estimate of drug-likeness (QED) is 0.831. The normalized spacial score (nSPS) is 18.1. The molecule has 0 spiro atoms. The molecule has 2 aromatic carbocycles. The van der Waals surface area contributed by atoms with Crippen LogP contribution in [0.25, 0.3) is 0 Å². The molecule has 0 radical (unpaired) electrons. The number of anilines is 1. The van der Waals surface area contributed by atoms with E-state index in [1.807, 2.05) is 0 Å². The topological polar surface area (TPSA) is 24.1 Å². The Morgan fingerprint density at radius 3 is 2.70 bits per heavy atom. The van der Waals surface area contributed by atoms with Crippen LogP contribution in [0, 0.1) is 0 Å². The van der Waals surface area contributed by atoms with Gasteiger partial charge in [-0.3, -0.25) is 0 Å². The van der Waals surface area contributed by atoms with Crippen molar-refractivity contribution >= 4 is 17.4 Å². The molecule has 1 unspecified atom stereocenters. The summed E-state index contributed by atoms with van der Waals surface area (Å²) in [6.07, 6.45) is 3.22. The Morgan fingerprint density at radius 2 is 1.90 bits per heavy atom. The number of hydrogen-bond acceptors (Lipinski definition) is 3. The van der Waals surface area contributed by atoms with Crippen LogP contribution in [0.2, 0.25) is 0 Å². The van der Waals surface area contributed by atoms with Crippen LogP contribution in [-0.4, -0.2) is 12.8 Å². The van der Waals surface area contributed by atoms with Gasteiger partial charge >= 0.3 is 0 Å². The fourth-order valence-corrected chi connectivity index (χ4v) is 3.11. The van der Waals surface area contributed by atoms with Crippen LogP contribution in [0.4, 0.5) is 5.69 Å². The van der Waals surface area contributed by atoms with E-state index in [0.29, 0.717) is 6.04 Å². The second kappa shape index (κ2) is 6.33. The Balaban J connectivity index is 1.82. The van der Waals surface area contributed by atoms with Gasteiger partial charge in [0.2, 0.25) is 0 Å². The van der Waals surface area contributed by atoms with Crippen LogP contribution in [0.15, 0.2) is 53.4 Å². The van der Waals surface area contributed by atoms with Gasteiger partial charge in [-0.05, 0) is 54.6 Å². The van der Waals surface area contributed by atoms with Gasteiger partial charge in [-0.1, -0.05) is 24.3 Å². The summed E-state index contributed by atoms with van der Waals surface area (Å²) in [4.78, 5) is 1.30. The maximum Gasteiger partial charge on any atom is 0.0529 e. The standard InChI is InChI=1S/C17H20N2S/c1-20-15-8-6-14(7-9-15)19-17-10-11-18-12-13-4-2-3-5-16(13)17/h2-9,17-19H,10-12H2,1H3. The van der Waals surface area contributed by atoms with Crippen molar-refractivity contribution in [3.8, 4) is 0 Å². The molecule has 0 aromatic heterocycles. The lowest BCUT2D eigenvalue weighted by Gasteiger charge is -2.20. The van der Waals surface area contributed by atoms with Gasteiger partial charge in [-0.2, -0.15) is 0 Å². The molecule has 0 saturated carbocycles. The SMILES string of the molecule is CSc1ccc(NC2CCNCc3ccccc32)cc1. The molecular formula is C17H20N2S. The third-order valence-electron chi connectivity index (χ3n) is 3.79. The van der Waals surface area contributed by atoms with Crippen molar-refractivity contribution in [1.82, 2.24) is 5.32 Å². The molecule has 104 valence electrons. The Kier molecular flexibility index (Phi) is 4.28. The first kappa shape index (κ1) is 13.5. The van der Waals surface area contributed by atoms with Crippen LogP contribution in [0.5, 0.6) is 0 Å². The molecule has 1 aliphatic rings. The lowest BCUT2D eigenvalue weighted by molar-refractivity contribution is 0.637. The predicted molar refractivity (Wildman–Crippen MR) is 87.4 cm³/mol. The number of thioether (sulfide) groups is 1. The van der Waals surface area contributed by atoms with Gasteiger partial charge in [0.1, 0.15) is 0 Å². The average Bonchev–Trinajstić information content (AvgIpc) is 2.71. The van der Waals surface area contributed by atoms with E-state index in [0.717, 1.165) is 19.5 Å². The van der Waals surface area contributed by atoms with Crippen molar-refractivity contribution < 1.29 is 0 Å². The summed E-state index contributed by atoms with van der Waals surface area (Å²) in [6, 6.07) is 17.8. The van der Waals surface area contributed by atoms with Gasteiger partial charge < -0.3 is 10.6 Å². The van der Waals surface area contributed by atoms with E-state index in [-0.39, 0.29) is 0 Å². The zero-order valence-electron chi connectivity index (χ0n) is 11.7. The van der Waals surface area contributed by atoms with E-state index in [1.165, 1.54) is 21.7 Å². The molecule has 0 amide bonds. The van der Waals surface area contributed by atoms with E-state index in [4.69, 9.17) is 0 Å². The molecule has 0 saturated heterocycles. The van der Waals surface area contributed by atoms with Crippen molar-refractivity contribution in [3.05, 3.63) is 59.7 Å². The molecule has 2 N–H and O–H groups in total. The van der Waals surface area contributed by atoms with E-state index < -0.39 is 0 Å². The van der Waals surface area contributed by atoms with Gasteiger partial charge in [0, 0.05) is 17.1 Å². The molecule has 2 nitrogen and oxygen atoms in total. The van der Waals surface area contributed by atoms with Crippen LogP contribution in [-0.2, 0) is 6.54 Å². The average molecular weight is 284 g/mol. The van der Waals surface area contributed by atoms with Gasteiger partial charge in [-0.25, -0.2) is 0 Å². The highest BCUT2D eigenvalue weighted by atomic mass is 32.2. The molecular weight excluding hydrogens is 264 g/mol. The van der Waals surface area contributed by atoms with Gasteiger partial charge in [0.15, 0.2) is 0 Å². The summed E-state index contributed by atoms with van der Waals surface area (Å²) >= 11 is 1.78. The second-order valence-corrected chi connectivity index (χ2v) is 5.97. The molecule has 0 bridgehead atoms. The Labute approximate surface area is 125 Å². The first-order chi connectivity index (χ1) is 9.86. The van der Waals surface area contributed by atoms with Crippen molar-refractivity contribution in [2.24, 2.45) is 0 Å². The van der Waals surface area contributed by atoms with Crippen LogP contribution < -0.4 is 10.6 Å². The maximum absolute atomic E-state index is 3.68. The largest absolute Gasteiger partial charge is 0.378 e. The number of rotatable bonds is 3. The van der Waals surface area contributed by atoms with E-state index >= 15 is 0 Å². The predicted octanol–water partition coefficient (Wildman–Crippen LogP) is 4.06. The van der Waals surface area contributed by atoms with Crippen molar-refractivity contribution in [2.75, 3.05) is 18.1 Å². The highest BCUT2D eigenvalue weighted by Crippen LogP contribution is 2.28. The van der Waals surface area contributed by atoms with Crippen molar-refractivity contribution in [3.63, 3.8) is 0 Å². The Morgan fingerprint density at radius 1 is 1.10 bits per heavy atom. The summed E-state index contributed by atoms with van der Waals surface area (Å²) in [5.41, 5.74) is 4.03. The van der Waals surface area contributed by atoms with E-state index in [9.17, 15) is 0 Å². The van der Waals surface area contributed by atoms with E-state index in [1.54, 1.807) is 11.8 Å². The monoisotopic (exact) mass is 284 g/mol. The molecule has 0 fully saturated rings. The number of hydrogen-bond donors (Lipinski definition) is 2. The fourth-order valence-electron chi connectivity index (χ4n) is 2.70. The van der Waals surface area contributed by atoms with Crippen LogP contribution in [0.3, 0.4) is 0 Å². The molecule has 3 rings (SSSR count). The number of fused-ring (bicyclic) bond motifs is 1. The van der Waals surface area contributed by atoms with Crippen molar-refractivity contribution in [1.29, 1.82) is 0 Å². The molecule has 1 heterocycles. The van der Waals surface area contributed by atoms with E-state index in [2.05, 4.69) is 65.4 Å². The molecule has 2 aromatic rings. The molecule has 0 aliphatic carbocycles. The fraction of sp³-hybridized carbons (Fsp3) is 0.294. The summed E-state index contributed by atoms with van der Waals surface area (Å²) in [6.45, 7) is 2.02. The highest BCUT2D eigenvalue weighted by Gasteiger charge is 2.17. The summed E-state index contributed by atoms with van der Waals surface area (Å²) in [7, 11) is 0. The second-order valence-electron chi connectivity index (χ2n) is 5.09. The summed E-state index contributed by atoms with van der Waals surface area (Å²) in [5.74, 6) is 0. The number of nitrogens with one attached hydrogen (secondary N) is 2. The minimum absolute atomic E-state index is 0.390. The third-order valence-corrected chi connectivity index (χ3v) is 4.53. The lowest BCUT2D eigenvalue weighted by Crippen LogP contribution is -2.15.